The number of carbonyl (C=O) groups excluding carboxylic acids is 2. The lowest BCUT2D eigenvalue weighted by Crippen LogP contribution is -2.43. The lowest BCUT2D eigenvalue weighted by Gasteiger charge is -2.23. The number of urea groups is 1. The Bertz CT molecular complexity index is 513. The number of likely N-dealkylation sites (tertiary alicyclic amines) is 1. The number of nitrogens with one attached hydrogen (secondary N) is 1. The van der Waals surface area contributed by atoms with Crippen LogP contribution in [0, 0.1) is 0 Å². The van der Waals surface area contributed by atoms with Gasteiger partial charge in [0, 0.05) is 12.2 Å². The predicted molar refractivity (Wildman–Crippen MR) is 77.8 cm³/mol. The maximum atomic E-state index is 12.2. The van der Waals surface area contributed by atoms with Crippen LogP contribution in [0.4, 0.5) is 10.5 Å². The number of ether oxygens (including phenoxy) is 1. The van der Waals surface area contributed by atoms with Crippen molar-refractivity contribution < 1.29 is 19.4 Å². The van der Waals surface area contributed by atoms with Crippen LogP contribution in [-0.2, 0) is 9.53 Å². The van der Waals surface area contributed by atoms with Crippen LogP contribution in [0.25, 0.3) is 0 Å². The van der Waals surface area contributed by atoms with Crippen molar-refractivity contribution in [2.75, 3.05) is 19.0 Å². The molecule has 0 spiro atoms. The van der Waals surface area contributed by atoms with Gasteiger partial charge in [-0.3, -0.25) is 0 Å². The summed E-state index contributed by atoms with van der Waals surface area (Å²) in [5.41, 5.74) is 1.40. The van der Waals surface area contributed by atoms with Crippen molar-refractivity contribution in [1.29, 1.82) is 0 Å². The van der Waals surface area contributed by atoms with E-state index in [9.17, 15) is 14.7 Å². The quantitative estimate of drug-likeness (QED) is 0.834. The molecule has 1 aromatic rings. The molecule has 2 rings (SSSR count). The van der Waals surface area contributed by atoms with E-state index in [1.165, 1.54) is 12.0 Å². The smallest absolute Gasteiger partial charge is 0.328 e. The van der Waals surface area contributed by atoms with Crippen molar-refractivity contribution in [3.8, 4) is 0 Å². The largest absolute Gasteiger partial charge is 0.467 e. The number of aliphatic hydroxyl groups is 1. The summed E-state index contributed by atoms with van der Waals surface area (Å²) in [5.74, 6) is -0.382. The van der Waals surface area contributed by atoms with Gasteiger partial charge in [-0.05, 0) is 37.5 Å². The van der Waals surface area contributed by atoms with Gasteiger partial charge in [0.05, 0.1) is 13.2 Å². The minimum atomic E-state index is -0.544. The zero-order chi connectivity index (χ0) is 15.4. The van der Waals surface area contributed by atoms with Gasteiger partial charge in [-0.2, -0.15) is 0 Å². The normalized spacial score (nSPS) is 19.2. The molecule has 1 heterocycles. The fourth-order valence-electron chi connectivity index (χ4n) is 2.43. The molecule has 1 aliphatic rings. The Labute approximate surface area is 123 Å². The average Bonchev–Trinajstić information content (AvgIpc) is 2.96. The highest BCUT2D eigenvalue weighted by Crippen LogP contribution is 2.21. The van der Waals surface area contributed by atoms with Crippen LogP contribution in [-0.4, -0.2) is 41.7 Å². The van der Waals surface area contributed by atoms with Crippen LogP contribution in [0.15, 0.2) is 24.3 Å². The Balaban J connectivity index is 2.02. The van der Waals surface area contributed by atoms with Gasteiger partial charge in [0.25, 0.3) is 0 Å². The van der Waals surface area contributed by atoms with Gasteiger partial charge in [-0.25, -0.2) is 9.59 Å². The Morgan fingerprint density at radius 1 is 1.38 bits per heavy atom. The van der Waals surface area contributed by atoms with E-state index in [0.717, 1.165) is 12.0 Å². The fourth-order valence-corrected chi connectivity index (χ4v) is 2.43. The van der Waals surface area contributed by atoms with Crippen molar-refractivity contribution in [3.05, 3.63) is 29.8 Å². The first kappa shape index (κ1) is 15.3. The SMILES string of the molecule is COC(=O)C1CCCN1C(=O)Nc1ccc(C(C)O)cc1. The topological polar surface area (TPSA) is 78.9 Å². The van der Waals surface area contributed by atoms with Crippen LogP contribution in [0.5, 0.6) is 0 Å². The number of methoxy groups -OCH3 is 1. The van der Waals surface area contributed by atoms with E-state index < -0.39 is 12.1 Å². The molecule has 0 aromatic heterocycles. The van der Waals surface area contributed by atoms with Gasteiger partial charge in [-0.15, -0.1) is 0 Å². The lowest BCUT2D eigenvalue weighted by molar-refractivity contribution is -0.144. The molecular weight excluding hydrogens is 272 g/mol. The third kappa shape index (κ3) is 3.52. The second kappa shape index (κ2) is 6.58. The summed E-state index contributed by atoms with van der Waals surface area (Å²) in [6, 6.07) is 6.13. The number of anilines is 1. The van der Waals surface area contributed by atoms with Gasteiger partial charge in [0.1, 0.15) is 6.04 Å². The van der Waals surface area contributed by atoms with E-state index in [1.54, 1.807) is 31.2 Å². The Morgan fingerprint density at radius 3 is 2.62 bits per heavy atom. The minimum Gasteiger partial charge on any atom is -0.467 e. The third-order valence-electron chi connectivity index (χ3n) is 3.63. The number of hydrogen-bond acceptors (Lipinski definition) is 4. The molecule has 114 valence electrons. The van der Waals surface area contributed by atoms with Gasteiger partial charge < -0.3 is 20.1 Å². The van der Waals surface area contributed by atoms with Crippen molar-refractivity contribution in [1.82, 2.24) is 4.90 Å². The highest BCUT2D eigenvalue weighted by Gasteiger charge is 2.34. The second-order valence-electron chi connectivity index (χ2n) is 5.10. The van der Waals surface area contributed by atoms with Crippen molar-refractivity contribution in [2.24, 2.45) is 0 Å². The molecule has 1 saturated heterocycles. The molecule has 0 aliphatic carbocycles. The number of aliphatic hydroxyl groups excluding tert-OH is 1. The van der Waals surface area contributed by atoms with Gasteiger partial charge in [0.15, 0.2) is 0 Å². The summed E-state index contributed by atoms with van der Waals surface area (Å²) < 4.78 is 4.72. The van der Waals surface area contributed by atoms with Crippen LogP contribution < -0.4 is 5.32 Å². The highest BCUT2D eigenvalue weighted by molar-refractivity contribution is 5.93. The Kier molecular flexibility index (Phi) is 4.80. The first-order valence-electron chi connectivity index (χ1n) is 6.96. The van der Waals surface area contributed by atoms with Gasteiger partial charge in [0.2, 0.25) is 0 Å². The molecule has 1 aromatic carbocycles. The Morgan fingerprint density at radius 2 is 2.05 bits per heavy atom. The molecule has 0 bridgehead atoms. The monoisotopic (exact) mass is 292 g/mol. The van der Waals surface area contributed by atoms with E-state index >= 15 is 0 Å². The molecular formula is C15H20N2O4. The lowest BCUT2D eigenvalue weighted by atomic mass is 10.1. The summed E-state index contributed by atoms with van der Waals surface area (Å²) in [6.07, 6.45) is 0.868. The average molecular weight is 292 g/mol. The molecule has 6 heteroatoms. The molecule has 2 atom stereocenters. The van der Waals surface area contributed by atoms with Crippen molar-refractivity contribution in [2.45, 2.75) is 31.9 Å². The molecule has 1 aliphatic heterocycles. The fraction of sp³-hybridized carbons (Fsp3) is 0.467. The minimum absolute atomic E-state index is 0.312. The zero-order valence-electron chi connectivity index (χ0n) is 12.2. The number of rotatable bonds is 3. The molecule has 2 N–H and O–H groups in total. The molecule has 2 unspecified atom stereocenters. The van der Waals surface area contributed by atoms with Gasteiger partial charge in [-0.1, -0.05) is 12.1 Å². The second-order valence-corrected chi connectivity index (χ2v) is 5.10. The van der Waals surface area contributed by atoms with Crippen LogP contribution >= 0.6 is 0 Å². The molecule has 6 nitrogen and oxygen atoms in total. The summed E-state index contributed by atoms with van der Waals surface area (Å²) in [4.78, 5) is 25.3. The van der Waals surface area contributed by atoms with E-state index in [1.807, 2.05) is 0 Å². The standard InChI is InChI=1S/C15H20N2O4/c1-10(18)11-5-7-12(8-6-11)16-15(20)17-9-3-4-13(17)14(19)21-2/h5-8,10,13,18H,3-4,9H2,1-2H3,(H,16,20). The third-order valence-corrected chi connectivity index (χ3v) is 3.63. The maximum absolute atomic E-state index is 12.2. The molecule has 21 heavy (non-hydrogen) atoms. The summed E-state index contributed by atoms with van der Waals surface area (Å²) in [5, 5.41) is 12.2. The van der Waals surface area contributed by atoms with Crippen molar-refractivity contribution in [3.63, 3.8) is 0 Å². The molecule has 0 radical (unpaired) electrons. The number of hydrogen-bond donors (Lipinski definition) is 2. The summed E-state index contributed by atoms with van der Waals surface area (Å²) >= 11 is 0. The number of esters is 1. The summed E-state index contributed by atoms with van der Waals surface area (Å²) in [7, 11) is 1.32. The van der Waals surface area contributed by atoms with E-state index in [2.05, 4.69) is 5.32 Å². The van der Waals surface area contributed by atoms with Gasteiger partial charge >= 0.3 is 12.0 Å². The van der Waals surface area contributed by atoms with Crippen LogP contribution in [0.2, 0.25) is 0 Å². The summed E-state index contributed by atoms with van der Waals surface area (Å²) in [6.45, 7) is 2.22. The zero-order valence-corrected chi connectivity index (χ0v) is 12.2. The first-order chi connectivity index (χ1) is 10.0. The van der Waals surface area contributed by atoms with E-state index in [4.69, 9.17) is 4.74 Å². The number of nitrogens with zero attached hydrogens (tertiary/aromatic N) is 1. The van der Waals surface area contributed by atoms with Crippen molar-refractivity contribution >= 4 is 17.7 Å². The highest BCUT2D eigenvalue weighted by atomic mass is 16.5. The molecule has 2 amide bonds. The Hall–Kier alpha value is -2.08. The number of benzene rings is 1. The number of amides is 2. The van der Waals surface area contributed by atoms with Crippen LogP contribution in [0.1, 0.15) is 31.4 Å². The molecule has 0 saturated carbocycles. The number of carbonyl (C=O) groups is 2. The van der Waals surface area contributed by atoms with Crippen LogP contribution in [0.3, 0.4) is 0 Å². The van der Waals surface area contributed by atoms with E-state index in [0.29, 0.717) is 18.7 Å². The molecule has 1 fully saturated rings. The predicted octanol–water partition coefficient (Wildman–Crippen LogP) is 1.91. The van der Waals surface area contributed by atoms with E-state index in [-0.39, 0.29) is 12.0 Å². The maximum Gasteiger partial charge on any atom is 0.328 e. The first-order valence-corrected chi connectivity index (χ1v) is 6.96.